The molecule has 0 spiro atoms. The van der Waals surface area contributed by atoms with Crippen LogP contribution in [0.25, 0.3) is 0 Å². The third-order valence-corrected chi connectivity index (χ3v) is 3.50. The number of aromatic nitrogens is 1. The summed E-state index contributed by atoms with van der Waals surface area (Å²) in [5, 5.41) is 14.8. The number of carbonyl (C=O) groups excluding carboxylic acids is 1. The summed E-state index contributed by atoms with van der Waals surface area (Å²) in [6.45, 7) is 0. The van der Waals surface area contributed by atoms with Crippen molar-refractivity contribution in [2.24, 2.45) is 0 Å². The molecule has 1 aliphatic carbocycles. The third kappa shape index (κ3) is 2.67. The van der Waals surface area contributed by atoms with Gasteiger partial charge in [0, 0.05) is 18.8 Å². The summed E-state index contributed by atoms with van der Waals surface area (Å²) < 4.78 is 0. The molecule has 1 aliphatic rings. The predicted molar refractivity (Wildman–Crippen MR) is 70.1 cm³/mol. The molecule has 0 aromatic carbocycles. The van der Waals surface area contributed by atoms with Crippen LogP contribution in [0.1, 0.15) is 36.0 Å². The van der Waals surface area contributed by atoms with Gasteiger partial charge in [-0.1, -0.05) is 12.8 Å². The Bertz CT molecular complexity index is 496. The molecule has 3 N–H and O–H groups in total. The highest BCUT2D eigenvalue weighted by atomic mass is 16.4. The van der Waals surface area contributed by atoms with Crippen molar-refractivity contribution in [3.05, 3.63) is 23.9 Å². The highest BCUT2D eigenvalue weighted by molar-refractivity contribution is 5.98. The molecule has 0 atom stereocenters. The van der Waals surface area contributed by atoms with Crippen molar-refractivity contribution in [1.29, 1.82) is 0 Å². The van der Waals surface area contributed by atoms with Gasteiger partial charge in [-0.15, -0.1) is 0 Å². The number of amides is 1. The zero-order valence-corrected chi connectivity index (χ0v) is 10.8. The Morgan fingerprint density at radius 1 is 1.37 bits per heavy atom. The molecule has 1 heterocycles. The van der Waals surface area contributed by atoms with Crippen LogP contribution >= 0.6 is 0 Å². The van der Waals surface area contributed by atoms with Crippen LogP contribution in [-0.2, 0) is 4.79 Å². The van der Waals surface area contributed by atoms with E-state index in [1.807, 2.05) is 0 Å². The van der Waals surface area contributed by atoms with Crippen molar-refractivity contribution in [3.8, 4) is 0 Å². The Labute approximate surface area is 111 Å². The minimum atomic E-state index is -1.11. The molecule has 102 valence electrons. The molecule has 0 aliphatic heterocycles. The van der Waals surface area contributed by atoms with Gasteiger partial charge in [-0.05, 0) is 25.0 Å². The van der Waals surface area contributed by atoms with E-state index in [-0.39, 0.29) is 5.91 Å². The quantitative estimate of drug-likeness (QED) is 0.760. The maximum absolute atomic E-state index is 12.1. The van der Waals surface area contributed by atoms with Crippen LogP contribution in [0, 0.1) is 0 Å². The van der Waals surface area contributed by atoms with E-state index in [0.717, 1.165) is 12.8 Å². The van der Waals surface area contributed by atoms with Crippen molar-refractivity contribution < 1.29 is 14.7 Å². The fourth-order valence-electron chi connectivity index (χ4n) is 2.37. The molecule has 6 heteroatoms. The van der Waals surface area contributed by atoms with E-state index in [2.05, 4.69) is 15.6 Å². The first-order valence-electron chi connectivity index (χ1n) is 6.27. The molecule has 6 nitrogen and oxygen atoms in total. The van der Waals surface area contributed by atoms with Gasteiger partial charge in [0.25, 0.3) is 5.91 Å². The Morgan fingerprint density at radius 2 is 2.05 bits per heavy atom. The van der Waals surface area contributed by atoms with Crippen molar-refractivity contribution in [2.75, 3.05) is 12.4 Å². The van der Waals surface area contributed by atoms with Crippen LogP contribution in [-0.4, -0.2) is 34.6 Å². The maximum atomic E-state index is 12.1. The van der Waals surface area contributed by atoms with E-state index in [4.69, 9.17) is 0 Å². The van der Waals surface area contributed by atoms with Gasteiger partial charge in [0.2, 0.25) is 0 Å². The average Bonchev–Trinajstić information content (AvgIpc) is 2.88. The smallest absolute Gasteiger partial charge is 0.329 e. The summed E-state index contributed by atoms with van der Waals surface area (Å²) in [6.07, 6.45) is 4.13. The molecule has 0 saturated heterocycles. The van der Waals surface area contributed by atoms with Crippen LogP contribution in [0.15, 0.2) is 18.3 Å². The SMILES string of the molecule is CNc1cc(C(=O)NC2(C(=O)O)CCCC2)ccn1. The molecule has 19 heavy (non-hydrogen) atoms. The van der Waals surface area contributed by atoms with E-state index in [0.29, 0.717) is 24.2 Å². The minimum absolute atomic E-state index is 0.372. The summed E-state index contributed by atoms with van der Waals surface area (Å²) in [5.74, 6) is -0.757. The van der Waals surface area contributed by atoms with Crippen molar-refractivity contribution >= 4 is 17.7 Å². The zero-order chi connectivity index (χ0) is 13.9. The summed E-state index contributed by atoms with van der Waals surface area (Å²) in [7, 11) is 1.71. The largest absolute Gasteiger partial charge is 0.480 e. The van der Waals surface area contributed by atoms with Gasteiger partial charge in [0.05, 0.1) is 0 Å². The standard InChI is InChI=1S/C13H17N3O3/c1-14-10-8-9(4-7-15-10)11(17)16-13(12(18)19)5-2-3-6-13/h4,7-8H,2-3,5-6H2,1H3,(H,14,15)(H,16,17)(H,18,19). The molecule has 1 saturated carbocycles. The van der Waals surface area contributed by atoms with Gasteiger partial charge >= 0.3 is 5.97 Å². The summed E-state index contributed by atoms with van der Waals surface area (Å²) in [6, 6.07) is 3.17. The third-order valence-electron chi connectivity index (χ3n) is 3.50. The van der Waals surface area contributed by atoms with Crippen LogP contribution in [0.5, 0.6) is 0 Å². The van der Waals surface area contributed by atoms with E-state index < -0.39 is 11.5 Å². The van der Waals surface area contributed by atoms with Gasteiger partial charge in [-0.3, -0.25) is 4.79 Å². The number of nitrogens with one attached hydrogen (secondary N) is 2. The summed E-state index contributed by atoms with van der Waals surface area (Å²) in [4.78, 5) is 27.5. The lowest BCUT2D eigenvalue weighted by molar-refractivity contribution is -0.144. The number of carboxylic acid groups (broad SMARTS) is 1. The number of nitrogens with zero attached hydrogens (tertiary/aromatic N) is 1. The number of pyridine rings is 1. The second-order valence-electron chi connectivity index (χ2n) is 4.73. The lowest BCUT2D eigenvalue weighted by atomic mass is 9.97. The first-order valence-corrected chi connectivity index (χ1v) is 6.27. The van der Waals surface area contributed by atoms with Crippen LogP contribution < -0.4 is 10.6 Å². The van der Waals surface area contributed by atoms with Crippen molar-refractivity contribution in [2.45, 2.75) is 31.2 Å². The highest BCUT2D eigenvalue weighted by Crippen LogP contribution is 2.30. The number of rotatable bonds is 4. The first kappa shape index (κ1) is 13.3. The van der Waals surface area contributed by atoms with E-state index in [9.17, 15) is 14.7 Å². The molecular weight excluding hydrogens is 246 g/mol. The van der Waals surface area contributed by atoms with Crippen LogP contribution in [0.3, 0.4) is 0 Å². The van der Waals surface area contributed by atoms with E-state index in [1.54, 1.807) is 19.2 Å². The second-order valence-corrected chi connectivity index (χ2v) is 4.73. The molecule has 0 radical (unpaired) electrons. The van der Waals surface area contributed by atoms with E-state index in [1.165, 1.54) is 6.20 Å². The molecule has 1 aromatic rings. The second kappa shape index (κ2) is 5.26. The predicted octanol–water partition coefficient (Wildman–Crippen LogP) is 1.25. The highest BCUT2D eigenvalue weighted by Gasteiger charge is 2.42. The number of hydrogen-bond acceptors (Lipinski definition) is 4. The molecular formula is C13H17N3O3. The van der Waals surface area contributed by atoms with Gasteiger partial charge < -0.3 is 15.7 Å². The fraction of sp³-hybridized carbons (Fsp3) is 0.462. The van der Waals surface area contributed by atoms with Crippen LogP contribution in [0.2, 0.25) is 0 Å². The zero-order valence-electron chi connectivity index (χ0n) is 10.8. The van der Waals surface area contributed by atoms with Gasteiger partial charge in [0.1, 0.15) is 11.4 Å². The molecule has 1 aromatic heterocycles. The Morgan fingerprint density at radius 3 is 2.63 bits per heavy atom. The average molecular weight is 263 g/mol. The summed E-state index contributed by atoms with van der Waals surface area (Å²) >= 11 is 0. The topological polar surface area (TPSA) is 91.3 Å². The summed E-state index contributed by atoms with van der Waals surface area (Å²) in [5.41, 5.74) is -0.702. The Kier molecular flexibility index (Phi) is 3.69. The van der Waals surface area contributed by atoms with Crippen molar-refractivity contribution in [1.82, 2.24) is 10.3 Å². The molecule has 0 bridgehead atoms. The molecule has 0 unspecified atom stereocenters. The minimum Gasteiger partial charge on any atom is -0.480 e. The first-order chi connectivity index (χ1) is 9.07. The maximum Gasteiger partial charge on any atom is 0.329 e. The molecule has 2 rings (SSSR count). The number of aliphatic carboxylic acids is 1. The van der Waals surface area contributed by atoms with Gasteiger partial charge in [-0.25, -0.2) is 9.78 Å². The number of carbonyl (C=O) groups is 2. The van der Waals surface area contributed by atoms with Gasteiger partial charge in [0.15, 0.2) is 0 Å². The number of carboxylic acids is 1. The molecule has 1 amide bonds. The lowest BCUT2D eigenvalue weighted by Crippen LogP contribution is -2.52. The van der Waals surface area contributed by atoms with Crippen LogP contribution in [0.4, 0.5) is 5.82 Å². The Balaban J connectivity index is 2.17. The normalized spacial score (nSPS) is 16.9. The number of hydrogen-bond donors (Lipinski definition) is 3. The number of anilines is 1. The molecule has 1 fully saturated rings. The van der Waals surface area contributed by atoms with Gasteiger partial charge in [-0.2, -0.15) is 0 Å². The Hall–Kier alpha value is -2.11. The monoisotopic (exact) mass is 263 g/mol. The fourth-order valence-corrected chi connectivity index (χ4v) is 2.37. The van der Waals surface area contributed by atoms with E-state index >= 15 is 0 Å². The lowest BCUT2D eigenvalue weighted by Gasteiger charge is -2.25. The van der Waals surface area contributed by atoms with Crippen molar-refractivity contribution in [3.63, 3.8) is 0 Å².